The Balaban J connectivity index is 1.78. The summed E-state index contributed by atoms with van der Waals surface area (Å²) in [5.41, 5.74) is 2.36. The summed E-state index contributed by atoms with van der Waals surface area (Å²) < 4.78 is 18.9. The van der Waals surface area contributed by atoms with Gasteiger partial charge < -0.3 is 4.74 Å². The first-order valence-corrected chi connectivity index (χ1v) is 7.62. The van der Waals surface area contributed by atoms with E-state index in [1.807, 2.05) is 13.0 Å². The number of carbonyl (C=O) groups excluding carboxylic acids is 1. The van der Waals surface area contributed by atoms with Crippen molar-refractivity contribution in [3.05, 3.63) is 50.4 Å². The predicted molar refractivity (Wildman–Crippen MR) is 84.4 cm³/mol. The Labute approximate surface area is 133 Å². The second kappa shape index (κ2) is 7.33. The Hall–Kier alpha value is -1.73. The molecule has 7 heteroatoms. The maximum absolute atomic E-state index is 12.7. The second-order valence-electron chi connectivity index (χ2n) is 4.09. The van der Waals surface area contributed by atoms with Crippen molar-refractivity contribution in [2.45, 2.75) is 6.92 Å². The Bertz CT molecular complexity index is 636. The van der Waals surface area contributed by atoms with Crippen LogP contribution in [0.4, 0.5) is 4.39 Å². The van der Waals surface area contributed by atoms with Crippen molar-refractivity contribution in [1.82, 2.24) is 5.43 Å². The molecule has 2 rings (SSSR count). The molecule has 110 valence electrons. The molecule has 1 heterocycles. The van der Waals surface area contributed by atoms with Crippen LogP contribution in [0.1, 0.15) is 9.75 Å². The van der Waals surface area contributed by atoms with Crippen molar-refractivity contribution in [2.75, 3.05) is 6.61 Å². The molecule has 0 spiro atoms. The van der Waals surface area contributed by atoms with Crippen LogP contribution in [0.2, 0.25) is 0 Å². The van der Waals surface area contributed by atoms with Gasteiger partial charge >= 0.3 is 0 Å². The molecule has 0 aliphatic rings. The smallest absolute Gasteiger partial charge is 0.277 e. The Morgan fingerprint density at radius 1 is 1.48 bits per heavy atom. The molecule has 0 aliphatic heterocycles. The fraction of sp³-hybridized carbons (Fsp3) is 0.143. The molecule has 0 bridgehead atoms. The summed E-state index contributed by atoms with van der Waals surface area (Å²) in [4.78, 5) is 13.6. The van der Waals surface area contributed by atoms with E-state index in [0.29, 0.717) is 5.75 Å². The van der Waals surface area contributed by atoms with Crippen molar-refractivity contribution in [2.24, 2.45) is 5.10 Å². The van der Waals surface area contributed by atoms with Crippen LogP contribution in [0.5, 0.6) is 5.75 Å². The van der Waals surface area contributed by atoms with E-state index in [9.17, 15) is 9.18 Å². The Kier molecular flexibility index (Phi) is 5.46. The molecule has 0 saturated heterocycles. The van der Waals surface area contributed by atoms with Gasteiger partial charge in [0.1, 0.15) is 11.6 Å². The van der Waals surface area contributed by atoms with Crippen LogP contribution in [0.3, 0.4) is 0 Å². The summed E-state index contributed by atoms with van der Waals surface area (Å²) in [6.07, 6.45) is 1.57. The lowest BCUT2D eigenvalue weighted by Crippen LogP contribution is -2.24. The van der Waals surface area contributed by atoms with Crippen molar-refractivity contribution in [3.8, 4) is 5.75 Å². The molecule has 0 unspecified atom stereocenters. The number of carbonyl (C=O) groups is 1. The molecular formula is C14H12BrFN2O2S. The fourth-order valence-electron chi connectivity index (χ4n) is 1.43. The molecule has 1 amide bonds. The molecule has 0 aliphatic carbocycles. The van der Waals surface area contributed by atoms with Crippen LogP contribution >= 0.6 is 27.3 Å². The molecule has 21 heavy (non-hydrogen) atoms. The maximum atomic E-state index is 12.7. The standard InChI is InChI=1S/C14H12BrFN2O2S/c1-9-13(15)6-12(21-9)7-17-18-14(19)8-20-11-4-2-10(16)3-5-11/h2-7H,8H2,1H3,(H,18,19)/b17-7-. The first-order chi connectivity index (χ1) is 10.0. The highest BCUT2D eigenvalue weighted by Gasteiger charge is 2.03. The van der Waals surface area contributed by atoms with Gasteiger partial charge in [0, 0.05) is 14.2 Å². The van der Waals surface area contributed by atoms with Gasteiger partial charge in [-0.3, -0.25) is 4.79 Å². The van der Waals surface area contributed by atoms with Crippen LogP contribution in [0.25, 0.3) is 0 Å². The number of nitrogens with one attached hydrogen (secondary N) is 1. The summed E-state index contributed by atoms with van der Waals surface area (Å²) in [5.74, 6) is -0.315. The lowest BCUT2D eigenvalue weighted by atomic mass is 10.3. The van der Waals surface area contributed by atoms with E-state index in [1.54, 1.807) is 17.6 Å². The van der Waals surface area contributed by atoms with Gasteiger partial charge in [-0.05, 0) is 53.2 Å². The van der Waals surface area contributed by atoms with Gasteiger partial charge in [-0.25, -0.2) is 9.82 Å². The number of thiophene rings is 1. The monoisotopic (exact) mass is 370 g/mol. The number of aryl methyl sites for hydroxylation is 1. The third kappa shape index (κ3) is 4.95. The lowest BCUT2D eigenvalue weighted by Gasteiger charge is -2.04. The van der Waals surface area contributed by atoms with E-state index in [1.165, 1.54) is 24.3 Å². The average Bonchev–Trinajstić information content (AvgIpc) is 2.77. The molecule has 1 N–H and O–H groups in total. The highest BCUT2D eigenvalue weighted by Crippen LogP contribution is 2.24. The van der Waals surface area contributed by atoms with E-state index in [-0.39, 0.29) is 18.3 Å². The number of benzene rings is 1. The van der Waals surface area contributed by atoms with Gasteiger partial charge in [0.2, 0.25) is 0 Å². The molecular weight excluding hydrogens is 359 g/mol. The van der Waals surface area contributed by atoms with E-state index in [2.05, 4.69) is 26.5 Å². The minimum Gasteiger partial charge on any atom is -0.484 e. The highest BCUT2D eigenvalue weighted by atomic mass is 79.9. The minimum atomic E-state index is -0.386. The van der Waals surface area contributed by atoms with Gasteiger partial charge in [-0.2, -0.15) is 5.10 Å². The molecule has 0 saturated carbocycles. The number of amides is 1. The molecule has 4 nitrogen and oxygen atoms in total. The SMILES string of the molecule is Cc1sc(/C=N\NC(=O)COc2ccc(F)cc2)cc1Br. The van der Waals surface area contributed by atoms with E-state index in [4.69, 9.17) is 4.74 Å². The van der Waals surface area contributed by atoms with Crippen LogP contribution in [0.15, 0.2) is 39.9 Å². The van der Waals surface area contributed by atoms with Crippen LogP contribution in [0, 0.1) is 12.7 Å². The molecule has 1 aromatic carbocycles. The topological polar surface area (TPSA) is 50.7 Å². The van der Waals surface area contributed by atoms with Crippen LogP contribution in [-0.4, -0.2) is 18.7 Å². The second-order valence-corrected chi connectivity index (χ2v) is 6.23. The summed E-state index contributed by atoms with van der Waals surface area (Å²) >= 11 is 4.97. The molecule has 0 fully saturated rings. The van der Waals surface area contributed by atoms with Gasteiger partial charge in [-0.15, -0.1) is 11.3 Å². The maximum Gasteiger partial charge on any atom is 0.277 e. The van der Waals surface area contributed by atoms with Crippen molar-refractivity contribution >= 4 is 39.4 Å². The zero-order chi connectivity index (χ0) is 15.2. The van der Waals surface area contributed by atoms with Crippen molar-refractivity contribution in [1.29, 1.82) is 0 Å². The zero-order valence-electron chi connectivity index (χ0n) is 11.1. The van der Waals surface area contributed by atoms with Gasteiger partial charge in [0.25, 0.3) is 5.91 Å². The minimum absolute atomic E-state index is 0.184. The fourth-order valence-corrected chi connectivity index (χ4v) is 2.86. The zero-order valence-corrected chi connectivity index (χ0v) is 13.5. The summed E-state index contributed by atoms with van der Waals surface area (Å²) in [6.45, 7) is 1.80. The number of ether oxygens (including phenoxy) is 1. The lowest BCUT2D eigenvalue weighted by molar-refractivity contribution is -0.123. The van der Waals surface area contributed by atoms with E-state index >= 15 is 0 Å². The largest absolute Gasteiger partial charge is 0.484 e. The van der Waals surface area contributed by atoms with Gasteiger partial charge in [-0.1, -0.05) is 0 Å². The van der Waals surface area contributed by atoms with E-state index < -0.39 is 0 Å². The van der Waals surface area contributed by atoms with Gasteiger partial charge in [0.15, 0.2) is 6.61 Å². The number of hydrogen-bond donors (Lipinski definition) is 1. The number of hydrazone groups is 1. The predicted octanol–water partition coefficient (Wildman–Crippen LogP) is 3.49. The number of rotatable bonds is 5. The van der Waals surface area contributed by atoms with Gasteiger partial charge in [0.05, 0.1) is 6.21 Å². The van der Waals surface area contributed by atoms with Crippen molar-refractivity contribution in [3.63, 3.8) is 0 Å². The summed E-state index contributed by atoms with van der Waals surface area (Å²) in [7, 11) is 0. The number of halogens is 2. The average molecular weight is 371 g/mol. The molecule has 2 aromatic rings. The van der Waals surface area contributed by atoms with Crippen LogP contribution in [-0.2, 0) is 4.79 Å². The summed E-state index contributed by atoms with van der Waals surface area (Å²) in [5, 5.41) is 3.85. The normalized spacial score (nSPS) is 10.8. The van der Waals surface area contributed by atoms with Crippen LogP contribution < -0.4 is 10.2 Å². The highest BCUT2D eigenvalue weighted by molar-refractivity contribution is 9.10. The van der Waals surface area contributed by atoms with Crippen molar-refractivity contribution < 1.29 is 13.9 Å². The first-order valence-electron chi connectivity index (χ1n) is 6.01. The number of nitrogens with zero attached hydrogens (tertiary/aromatic N) is 1. The van der Waals surface area contributed by atoms with E-state index in [0.717, 1.165) is 14.2 Å². The molecule has 1 aromatic heterocycles. The Morgan fingerprint density at radius 2 is 2.19 bits per heavy atom. The third-order valence-corrected chi connectivity index (χ3v) is 4.51. The third-order valence-electron chi connectivity index (χ3n) is 2.44. The molecule has 0 radical (unpaired) electrons. The quantitative estimate of drug-likeness (QED) is 0.646. The Morgan fingerprint density at radius 3 is 2.81 bits per heavy atom. The summed E-state index contributed by atoms with van der Waals surface area (Å²) in [6, 6.07) is 7.37. The number of hydrogen-bond acceptors (Lipinski definition) is 4. The molecule has 0 atom stereocenters. The first kappa shape index (κ1) is 15.7.